The third-order valence-corrected chi connectivity index (χ3v) is 5.48. The fraction of sp³-hybridized carbons (Fsp3) is 0.0870. The molecule has 3 aromatic carbocycles. The van der Waals surface area contributed by atoms with Crippen molar-refractivity contribution in [2.24, 2.45) is 0 Å². The van der Waals surface area contributed by atoms with E-state index in [0.29, 0.717) is 5.56 Å². The van der Waals surface area contributed by atoms with Crippen LogP contribution in [0.4, 0.5) is 5.69 Å². The highest BCUT2D eigenvalue weighted by atomic mass is 35.5. The van der Waals surface area contributed by atoms with Gasteiger partial charge in [-0.25, -0.2) is 0 Å². The van der Waals surface area contributed by atoms with Crippen LogP contribution in [-0.4, -0.2) is 4.98 Å². The molecular weight excluding hydrogens is 354 g/mol. The number of aromatic nitrogens is 1. The number of fused-ring (bicyclic) bond motifs is 4. The van der Waals surface area contributed by atoms with E-state index in [2.05, 4.69) is 34.6 Å². The van der Waals surface area contributed by atoms with E-state index in [4.69, 9.17) is 16.9 Å². The molecule has 0 aliphatic carbocycles. The predicted molar refractivity (Wildman–Crippen MR) is 109 cm³/mol. The Labute approximate surface area is 162 Å². The molecule has 0 radical (unpaired) electrons. The number of hydrogen-bond acceptors (Lipinski definition) is 2. The van der Waals surface area contributed by atoms with Crippen molar-refractivity contribution in [2.75, 3.05) is 5.32 Å². The Bertz CT molecular complexity index is 1200. The third-order valence-electron chi connectivity index (χ3n) is 5.24. The summed E-state index contributed by atoms with van der Waals surface area (Å²) in [5.41, 5.74) is 7.63. The molecule has 130 valence electrons. The number of benzene rings is 3. The summed E-state index contributed by atoms with van der Waals surface area (Å²) in [6.45, 7) is 0. The van der Waals surface area contributed by atoms with E-state index in [1.165, 1.54) is 16.5 Å². The van der Waals surface area contributed by atoms with Crippen LogP contribution in [0, 0.1) is 11.3 Å². The van der Waals surface area contributed by atoms with Gasteiger partial charge in [0.1, 0.15) is 0 Å². The van der Waals surface area contributed by atoms with Crippen LogP contribution < -0.4 is 5.32 Å². The minimum Gasteiger partial charge on any atom is -0.373 e. The predicted octanol–water partition coefficient (Wildman–Crippen LogP) is 5.80. The second-order valence-corrected chi connectivity index (χ2v) is 7.29. The molecule has 5 rings (SSSR count). The molecular formula is C23H16ClN3. The summed E-state index contributed by atoms with van der Waals surface area (Å²) in [4.78, 5) is 3.62. The number of nitriles is 1. The first-order valence-corrected chi connectivity index (χ1v) is 9.25. The summed E-state index contributed by atoms with van der Waals surface area (Å²) in [6, 6.07) is 24.3. The summed E-state index contributed by atoms with van der Waals surface area (Å²) in [7, 11) is 0. The summed E-state index contributed by atoms with van der Waals surface area (Å²) >= 11 is 6.27. The molecule has 1 aromatic heterocycles. The molecule has 1 unspecified atom stereocenters. The van der Waals surface area contributed by atoms with Crippen molar-refractivity contribution in [1.29, 1.82) is 5.26 Å². The van der Waals surface area contributed by atoms with Gasteiger partial charge in [0, 0.05) is 33.7 Å². The van der Waals surface area contributed by atoms with Crippen LogP contribution in [0.3, 0.4) is 0 Å². The number of aromatic amines is 1. The number of H-pyrrole nitrogens is 1. The van der Waals surface area contributed by atoms with Crippen LogP contribution in [-0.2, 0) is 6.42 Å². The van der Waals surface area contributed by atoms with Gasteiger partial charge in [-0.2, -0.15) is 5.26 Å². The van der Waals surface area contributed by atoms with Gasteiger partial charge in [0.15, 0.2) is 0 Å². The smallest absolute Gasteiger partial charge is 0.0991 e. The number of rotatable bonds is 1. The average Bonchev–Trinajstić information content (AvgIpc) is 2.98. The fourth-order valence-corrected chi connectivity index (χ4v) is 4.12. The Hall–Kier alpha value is -3.22. The summed E-state index contributed by atoms with van der Waals surface area (Å²) in [5.74, 6) is 0. The Morgan fingerprint density at radius 2 is 1.81 bits per heavy atom. The topological polar surface area (TPSA) is 51.6 Å². The zero-order chi connectivity index (χ0) is 18.4. The van der Waals surface area contributed by atoms with Crippen molar-refractivity contribution in [3.8, 4) is 6.07 Å². The number of nitrogens with zero attached hydrogens (tertiary/aromatic N) is 1. The molecule has 4 aromatic rings. The van der Waals surface area contributed by atoms with E-state index < -0.39 is 0 Å². The molecule has 0 amide bonds. The van der Waals surface area contributed by atoms with Gasteiger partial charge >= 0.3 is 0 Å². The Morgan fingerprint density at radius 1 is 1.00 bits per heavy atom. The van der Waals surface area contributed by atoms with Gasteiger partial charge in [-0.1, -0.05) is 41.9 Å². The van der Waals surface area contributed by atoms with E-state index in [0.717, 1.165) is 33.9 Å². The van der Waals surface area contributed by atoms with Crippen LogP contribution in [0.25, 0.3) is 10.9 Å². The van der Waals surface area contributed by atoms with Crippen LogP contribution in [0.5, 0.6) is 0 Å². The molecule has 0 bridgehead atoms. The largest absolute Gasteiger partial charge is 0.373 e. The Balaban J connectivity index is 1.74. The Kier molecular flexibility index (Phi) is 3.67. The molecule has 2 N–H and O–H groups in total. The Morgan fingerprint density at radius 3 is 2.63 bits per heavy atom. The molecule has 0 fully saturated rings. The maximum atomic E-state index is 9.11. The van der Waals surface area contributed by atoms with Gasteiger partial charge in [-0.3, -0.25) is 0 Å². The molecule has 4 heteroatoms. The summed E-state index contributed by atoms with van der Waals surface area (Å²) in [5, 5.41) is 14.8. The van der Waals surface area contributed by atoms with Gasteiger partial charge in [0.05, 0.1) is 17.7 Å². The number of hydrogen-bond donors (Lipinski definition) is 2. The lowest BCUT2D eigenvalue weighted by atomic mass is 9.97. The van der Waals surface area contributed by atoms with E-state index in [1.54, 1.807) is 0 Å². The minimum atomic E-state index is -0.0254. The van der Waals surface area contributed by atoms with Gasteiger partial charge in [0.25, 0.3) is 0 Å². The molecule has 27 heavy (non-hydrogen) atoms. The van der Waals surface area contributed by atoms with Gasteiger partial charge in [-0.05, 0) is 53.1 Å². The van der Waals surface area contributed by atoms with E-state index in [9.17, 15) is 0 Å². The minimum absolute atomic E-state index is 0.0254. The lowest BCUT2D eigenvalue weighted by Gasteiger charge is -2.19. The normalized spacial score (nSPS) is 15.3. The van der Waals surface area contributed by atoms with Crippen LogP contribution in [0.15, 0.2) is 66.7 Å². The van der Waals surface area contributed by atoms with Crippen molar-refractivity contribution < 1.29 is 0 Å². The zero-order valence-corrected chi connectivity index (χ0v) is 15.2. The standard InChI is InChI=1S/C23H16ClN3/c24-17-9-10-20-16(11-17)12-19-18-3-1-2-4-21(18)27-23(19)22(26-20)15-7-5-14(13-25)6-8-15/h1-11,22,26-27H,12H2. The van der Waals surface area contributed by atoms with Crippen molar-refractivity contribution in [1.82, 2.24) is 4.98 Å². The van der Waals surface area contributed by atoms with E-state index in [1.807, 2.05) is 48.5 Å². The first-order valence-electron chi connectivity index (χ1n) is 8.87. The molecule has 1 aliphatic heterocycles. The second kappa shape index (κ2) is 6.19. The van der Waals surface area contributed by atoms with Crippen LogP contribution in [0.1, 0.15) is 34.0 Å². The van der Waals surface area contributed by atoms with Crippen LogP contribution in [0.2, 0.25) is 5.02 Å². The highest BCUT2D eigenvalue weighted by Gasteiger charge is 2.26. The SMILES string of the molecule is N#Cc1ccc(C2Nc3ccc(Cl)cc3Cc3c2[nH]c2ccccc32)cc1. The number of halogens is 1. The van der Waals surface area contributed by atoms with Crippen LogP contribution >= 0.6 is 11.6 Å². The molecule has 1 aliphatic rings. The number of anilines is 1. The summed E-state index contributed by atoms with van der Waals surface area (Å²) in [6.07, 6.45) is 0.815. The van der Waals surface area contributed by atoms with Gasteiger partial charge in [0.2, 0.25) is 0 Å². The maximum absolute atomic E-state index is 9.11. The summed E-state index contributed by atoms with van der Waals surface area (Å²) < 4.78 is 0. The zero-order valence-electron chi connectivity index (χ0n) is 14.5. The lowest BCUT2D eigenvalue weighted by molar-refractivity contribution is 0.900. The molecule has 0 saturated heterocycles. The molecule has 2 heterocycles. The van der Waals surface area contributed by atoms with Crippen molar-refractivity contribution in [2.45, 2.75) is 12.5 Å². The lowest BCUT2D eigenvalue weighted by Crippen LogP contribution is -2.13. The van der Waals surface area contributed by atoms with Gasteiger partial charge < -0.3 is 10.3 Å². The monoisotopic (exact) mass is 369 g/mol. The maximum Gasteiger partial charge on any atom is 0.0991 e. The molecule has 0 spiro atoms. The first-order chi connectivity index (χ1) is 13.2. The number of nitrogens with one attached hydrogen (secondary N) is 2. The first kappa shape index (κ1) is 16.0. The molecule has 3 nitrogen and oxygen atoms in total. The highest BCUT2D eigenvalue weighted by Crippen LogP contribution is 2.39. The van der Waals surface area contributed by atoms with Gasteiger partial charge in [-0.15, -0.1) is 0 Å². The van der Waals surface area contributed by atoms with Crippen molar-refractivity contribution in [3.63, 3.8) is 0 Å². The van der Waals surface area contributed by atoms with E-state index >= 15 is 0 Å². The third kappa shape index (κ3) is 2.66. The van der Waals surface area contributed by atoms with Crippen molar-refractivity contribution >= 4 is 28.2 Å². The van der Waals surface area contributed by atoms with Crippen molar-refractivity contribution in [3.05, 3.63) is 99.7 Å². The highest BCUT2D eigenvalue weighted by molar-refractivity contribution is 6.30. The quantitative estimate of drug-likeness (QED) is 0.445. The van der Waals surface area contributed by atoms with E-state index in [-0.39, 0.29) is 6.04 Å². The molecule has 0 saturated carbocycles. The fourth-order valence-electron chi connectivity index (χ4n) is 3.93. The molecule has 1 atom stereocenters. The number of para-hydroxylation sites is 1. The second-order valence-electron chi connectivity index (χ2n) is 6.85. The average molecular weight is 370 g/mol.